The summed E-state index contributed by atoms with van der Waals surface area (Å²) in [5, 5.41) is 7.69. The Bertz CT molecular complexity index is 471. The molecule has 0 fully saturated rings. The zero-order valence-electron chi connectivity index (χ0n) is 8.00. The minimum atomic E-state index is -2.92. The van der Waals surface area contributed by atoms with Crippen LogP contribution < -0.4 is 4.74 Å². The number of rotatable bonds is 3. The zero-order chi connectivity index (χ0) is 12.3. The highest BCUT2D eigenvalue weighted by molar-refractivity contribution is 6.67. The highest BCUT2D eigenvalue weighted by Gasteiger charge is 2.21. The number of alkyl halides is 2. The van der Waals surface area contributed by atoms with Crippen molar-refractivity contribution in [3.8, 4) is 11.9 Å². The van der Waals surface area contributed by atoms with E-state index in [0.29, 0.717) is 0 Å². The molecule has 0 amide bonds. The van der Waals surface area contributed by atoms with E-state index in [-0.39, 0.29) is 11.6 Å². The van der Waals surface area contributed by atoms with E-state index in [1.165, 1.54) is 0 Å². The molecule has 0 saturated carbocycles. The Morgan fingerprint density at radius 3 is 2.69 bits per heavy atom. The van der Waals surface area contributed by atoms with E-state index in [2.05, 4.69) is 9.72 Å². The molecule has 0 aliphatic carbocycles. The summed E-state index contributed by atoms with van der Waals surface area (Å²) in [6.45, 7) is 0. The SMILES string of the molecule is COc1nc(C(=O)Cl)cc(C(F)F)c1C#N. The maximum atomic E-state index is 12.6. The third-order valence-corrected chi connectivity index (χ3v) is 1.95. The molecule has 1 heterocycles. The number of nitriles is 1. The maximum Gasteiger partial charge on any atom is 0.270 e. The summed E-state index contributed by atoms with van der Waals surface area (Å²) >= 11 is 5.12. The van der Waals surface area contributed by atoms with Gasteiger partial charge < -0.3 is 4.74 Å². The van der Waals surface area contributed by atoms with Gasteiger partial charge in [-0.1, -0.05) is 0 Å². The van der Waals surface area contributed by atoms with Crippen molar-refractivity contribution in [2.45, 2.75) is 6.43 Å². The molecule has 1 rings (SSSR count). The van der Waals surface area contributed by atoms with Gasteiger partial charge in [-0.2, -0.15) is 5.26 Å². The van der Waals surface area contributed by atoms with Gasteiger partial charge in [0.05, 0.1) is 7.11 Å². The zero-order valence-corrected chi connectivity index (χ0v) is 8.76. The topological polar surface area (TPSA) is 63.0 Å². The molecule has 0 atom stereocenters. The summed E-state index contributed by atoms with van der Waals surface area (Å²) in [4.78, 5) is 14.4. The van der Waals surface area contributed by atoms with Crippen molar-refractivity contribution in [1.82, 2.24) is 4.98 Å². The monoisotopic (exact) mass is 246 g/mol. The molecule has 0 N–H and O–H groups in total. The lowest BCUT2D eigenvalue weighted by atomic mass is 10.1. The highest BCUT2D eigenvalue weighted by atomic mass is 35.5. The molecule has 84 valence electrons. The third-order valence-electron chi connectivity index (χ3n) is 1.76. The summed E-state index contributed by atoms with van der Waals surface area (Å²) in [5.74, 6) is -0.343. The Morgan fingerprint density at radius 1 is 1.69 bits per heavy atom. The van der Waals surface area contributed by atoms with Crippen LogP contribution in [0.15, 0.2) is 6.07 Å². The van der Waals surface area contributed by atoms with Gasteiger partial charge in [-0.3, -0.25) is 4.79 Å². The first-order valence-corrected chi connectivity index (χ1v) is 4.36. The van der Waals surface area contributed by atoms with E-state index in [1.54, 1.807) is 6.07 Å². The van der Waals surface area contributed by atoms with Crippen molar-refractivity contribution in [2.24, 2.45) is 0 Å². The number of hydrogen-bond acceptors (Lipinski definition) is 4. The minimum absolute atomic E-state index is 0.343. The summed E-state index contributed by atoms with van der Waals surface area (Å²) in [6.07, 6.45) is -2.92. The third kappa shape index (κ3) is 2.25. The molecule has 4 nitrogen and oxygen atoms in total. The van der Waals surface area contributed by atoms with Crippen LogP contribution in [0.4, 0.5) is 8.78 Å². The number of pyridine rings is 1. The van der Waals surface area contributed by atoms with Crippen LogP contribution in [0, 0.1) is 11.3 Å². The molecular weight excluding hydrogens is 242 g/mol. The molecule has 0 aliphatic rings. The summed E-state index contributed by atoms with van der Waals surface area (Å²) in [5.41, 5.74) is -1.41. The number of carbonyl (C=O) groups is 1. The molecular formula is C9H5ClF2N2O2. The molecule has 16 heavy (non-hydrogen) atoms. The van der Waals surface area contributed by atoms with Crippen LogP contribution in [0.3, 0.4) is 0 Å². The van der Waals surface area contributed by atoms with Gasteiger partial charge in [0.15, 0.2) is 0 Å². The number of aromatic nitrogens is 1. The lowest BCUT2D eigenvalue weighted by Gasteiger charge is -2.08. The Balaban J connectivity index is 3.51. The first-order chi connectivity index (χ1) is 7.51. The number of carbonyl (C=O) groups excluding carboxylic acids is 1. The van der Waals surface area contributed by atoms with Crippen LogP contribution in [0.5, 0.6) is 5.88 Å². The molecule has 0 bridgehead atoms. The molecule has 0 aromatic carbocycles. The Labute approximate surface area is 94.4 Å². The Morgan fingerprint density at radius 2 is 2.31 bits per heavy atom. The number of methoxy groups -OCH3 is 1. The molecule has 0 unspecified atom stereocenters. The first-order valence-electron chi connectivity index (χ1n) is 3.98. The molecule has 1 aromatic heterocycles. The van der Waals surface area contributed by atoms with Crippen LogP contribution in [0.25, 0.3) is 0 Å². The minimum Gasteiger partial charge on any atom is -0.480 e. The van der Waals surface area contributed by atoms with Crippen molar-refractivity contribution in [3.63, 3.8) is 0 Å². The largest absolute Gasteiger partial charge is 0.480 e. The lowest BCUT2D eigenvalue weighted by Crippen LogP contribution is -2.04. The number of nitrogens with zero attached hydrogens (tertiary/aromatic N) is 2. The molecule has 0 spiro atoms. The van der Waals surface area contributed by atoms with Crippen LogP contribution in [-0.4, -0.2) is 17.3 Å². The standard InChI is InChI=1S/C9H5ClF2N2O2/c1-16-9-5(3-13)4(8(11)12)2-6(14-9)7(10)15/h2,8H,1H3. The molecule has 1 aromatic rings. The quantitative estimate of drug-likeness (QED) is 0.768. The second kappa shape index (κ2) is 4.86. The van der Waals surface area contributed by atoms with E-state index in [9.17, 15) is 13.6 Å². The van der Waals surface area contributed by atoms with E-state index < -0.39 is 22.8 Å². The van der Waals surface area contributed by atoms with Crippen LogP contribution in [0.2, 0.25) is 0 Å². The fourth-order valence-corrected chi connectivity index (χ4v) is 1.17. The fraction of sp³-hybridized carbons (Fsp3) is 0.222. The van der Waals surface area contributed by atoms with E-state index in [0.717, 1.165) is 13.2 Å². The van der Waals surface area contributed by atoms with Gasteiger partial charge >= 0.3 is 0 Å². The predicted molar refractivity (Wildman–Crippen MR) is 50.6 cm³/mol. The van der Waals surface area contributed by atoms with Gasteiger partial charge in [-0.25, -0.2) is 13.8 Å². The fourth-order valence-electron chi connectivity index (χ4n) is 1.07. The normalized spacial score (nSPS) is 10.0. The number of ether oxygens (including phenoxy) is 1. The van der Waals surface area contributed by atoms with Crippen molar-refractivity contribution in [1.29, 1.82) is 5.26 Å². The average Bonchev–Trinajstić information content (AvgIpc) is 2.26. The molecule has 0 aliphatic heterocycles. The van der Waals surface area contributed by atoms with Gasteiger partial charge in [0.2, 0.25) is 5.88 Å². The van der Waals surface area contributed by atoms with Gasteiger partial charge in [0, 0.05) is 5.56 Å². The number of hydrogen-bond donors (Lipinski definition) is 0. The van der Waals surface area contributed by atoms with Gasteiger partial charge in [-0.05, 0) is 17.7 Å². The predicted octanol–water partition coefficient (Wildman–Crippen LogP) is 2.28. The highest BCUT2D eigenvalue weighted by Crippen LogP contribution is 2.29. The van der Waals surface area contributed by atoms with Crippen molar-refractivity contribution >= 4 is 16.8 Å². The van der Waals surface area contributed by atoms with Crippen molar-refractivity contribution in [2.75, 3.05) is 7.11 Å². The van der Waals surface area contributed by atoms with Crippen molar-refractivity contribution < 1.29 is 18.3 Å². The van der Waals surface area contributed by atoms with Gasteiger partial charge in [0.25, 0.3) is 11.7 Å². The Hall–Kier alpha value is -1.74. The van der Waals surface area contributed by atoms with Gasteiger partial charge in [-0.15, -0.1) is 0 Å². The Kier molecular flexibility index (Phi) is 3.74. The summed E-state index contributed by atoms with van der Waals surface area (Å²) in [7, 11) is 1.15. The average molecular weight is 247 g/mol. The molecule has 0 radical (unpaired) electrons. The number of halogens is 3. The maximum absolute atomic E-state index is 12.6. The van der Waals surface area contributed by atoms with E-state index >= 15 is 0 Å². The van der Waals surface area contributed by atoms with Crippen LogP contribution >= 0.6 is 11.6 Å². The summed E-state index contributed by atoms with van der Waals surface area (Å²) in [6, 6.07) is 2.32. The second-order valence-electron chi connectivity index (χ2n) is 2.67. The molecule has 7 heteroatoms. The smallest absolute Gasteiger partial charge is 0.270 e. The van der Waals surface area contributed by atoms with Gasteiger partial charge in [0.1, 0.15) is 17.3 Å². The van der Waals surface area contributed by atoms with E-state index in [4.69, 9.17) is 16.9 Å². The van der Waals surface area contributed by atoms with E-state index in [1.807, 2.05) is 0 Å². The second-order valence-corrected chi connectivity index (χ2v) is 3.01. The first kappa shape index (κ1) is 12.3. The van der Waals surface area contributed by atoms with Crippen LogP contribution in [-0.2, 0) is 0 Å². The lowest BCUT2D eigenvalue weighted by molar-refractivity contribution is 0.107. The summed E-state index contributed by atoms with van der Waals surface area (Å²) < 4.78 is 29.8. The van der Waals surface area contributed by atoms with Crippen LogP contribution in [0.1, 0.15) is 28.0 Å². The van der Waals surface area contributed by atoms with Crippen molar-refractivity contribution in [3.05, 3.63) is 22.9 Å². The molecule has 0 saturated heterocycles.